The number of fused-ring (bicyclic) bond motifs is 1. The van der Waals surface area contributed by atoms with Crippen molar-refractivity contribution in [1.29, 1.82) is 0 Å². The van der Waals surface area contributed by atoms with Crippen molar-refractivity contribution in [3.63, 3.8) is 0 Å². The number of hydrogen-bond donors (Lipinski definition) is 0. The third kappa shape index (κ3) is 3.42. The quantitative estimate of drug-likeness (QED) is 0.841. The summed E-state index contributed by atoms with van der Waals surface area (Å²) in [7, 11) is 1.61. The van der Waals surface area contributed by atoms with E-state index in [9.17, 15) is 9.59 Å². The van der Waals surface area contributed by atoms with Crippen molar-refractivity contribution in [1.82, 2.24) is 9.80 Å². The molecule has 0 aromatic heterocycles. The molecule has 1 aliphatic heterocycles. The molecule has 1 fully saturated rings. The fourth-order valence-electron chi connectivity index (χ4n) is 4.08. The molecule has 2 amide bonds. The number of amides is 2. The molecular formula is C22H24N2O3. The summed E-state index contributed by atoms with van der Waals surface area (Å²) < 4.78 is 5.14. The number of aryl methyl sites for hydroxylation is 1. The van der Waals surface area contributed by atoms with Gasteiger partial charge >= 0.3 is 0 Å². The first-order chi connectivity index (χ1) is 13.2. The lowest BCUT2D eigenvalue weighted by Crippen LogP contribution is -2.51. The van der Waals surface area contributed by atoms with E-state index in [-0.39, 0.29) is 17.7 Å². The van der Waals surface area contributed by atoms with Gasteiger partial charge in [0, 0.05) is 31.7 Å². The molecule has 27 heavy (non-hydrogen) atoms. The molecule has 140 valence electrons. The van der Waals surface area contributed by atoms with Crippen LogP contribution in [0.5, 0.6) is 5.75 Å². The molecule has 1 saturated heterocycles. The van der Waals surface area contributed by atoms with Gasteiger partial charge in [-0.1, -0.05) is 24.3 Å². The summed E-state index contributed by atoms with van der Waals surface area (Å²) in [5.74, 6) is 0.927. The Morgan fingerprint density at radius 2 is 1.59 bits per heavy atom. The highest BCUT2D eigenvalue weighted by atomic mass is 16.5. The minimum absolute atomic E-state index is 0.0102. The van der Waals surface area contributed by atoms with Crippen LogP contribution in [0.3, 0.4) is 0 Å². The lowest BCUT2D eigenvalue weighted by atomic mass is 9.99. The van der Waals surface area contributed by atoms with Crippen LogP contribution in [0.25, 0.3) is 0 Å². The Labute approximate surface area is 159 Å². The molecule has 0 N–H and O–H groups in total. The Morgan fingerprint density at radius 1 is 0.926 bits per heavy atom. The SMILES string of the molecule is COc1ccc(C(=O)N2CCN(C(=O)C3CCc4ccccc43)CC2)cc1. The average molecular weight is 364 g/mol. The van der Waals surface area contributed by atoms with Crippen LogP contribution in [0, 0.1) is 0 Å². The normalized spacial score (nSPS) is 18.9. The average Bonchev–Trinajstić information content (AvgIpc) is 3.17. The molecule has 1 unspecified atom stereocenters. The number of rotatable bonds is 3. The van der Waals surface area contributed by atoms with E-state index in [1.54, 1.807) is 31.4 Å². The fraction of sp³-hybridized carbons (Fsp3) is 0.364. The van der Waals surface area contributed by atoms with Crippen molar-refractivity contribution in [3.05, 3.63) is 65.2 Å². The Hall–Kier alpha value is -2.82. The number of ether oxygens (including phenoxy) is 1. The van der Waals surface area contributed by atoms with Crippen LogP contribution >= 0.6 is 0 Å². The number of carbonyl (C=O) groups excluding carboxylic acids is 2. The highest BCUT2D eigenvalue weighted by Crippen LogP contribution is 2.34. The molecular weight excluding hydrogens is 340 g/mol. The van der Waals surface area contributed by atoms with E-state index in [0.29, 0.717) is 31.7 Å². The molecule has 1 aliphatic carbocycles. The molecule has 0 bridgehead atoms. The maximum atomic E-state index is 13.0. The number of benzene rings is 2. The summed E-state index contributed by atoms with van der Waals surface area (Å²) >= 11 is 0. The summed E-state index contributed by atoms with van der Waals surface area (Å²) in [6.45, 7) is 2.34. The second-order valence-electron chi connectivity index (χ2n) is 7.14. The van der Waals surface area contributed by atoms with E-state index in [1.165, 1.54) is 11.1 Å². The summed E-state index contributed by atoms with van der Waals surface area (Å²) in [4.78, 5) is 29.4. The Balaban J connectivity index is 1.37. The second kappa shape index (κ2) is 7.43. The molecule has 0 spiro atoms. The monoisotopic (exact) mass is 364 g/mol. The van der Waals surface area contributed by atoms with E-state index < -0.39 is 0 Å². The number of piperazine rings is 1. The topological polar surface area (TPSA) is 49.9 Å². The number of methoxy groups -OCH3 is 1. The van der Waals surface area contributed by atoms with Crippen LogP contribution < -0.4 is 4.74 Å². The first-order valence-corrected chi connectivity index (χ1v) is 9.47. The largest absolute Gasteiger partial charge is 0.497 e. The molecule has 1 heterocycles. The zero-order chi connectivity index (χ0) is 18.8. The van der Waals surface area contributed by atoms with Gasteiger partial charge in [0.15, 0.2) is 0 Å². The highest BCUT2D eigenvalue weighted by Gasteiger charge is 2.33. The van der Waals surface area contributed by atoms with Gasteiger partial charge in [0.05, 0.1) is 13.0 Å². The van der Waals surface area contributed by atoms with Crippen molar-refractivity contribution < 1.29 is 14.3 Å². The van der Waals surface area contributed by atoms with Crippen LogP contribution in [0.15, 0.2) is 48.5 Å². The van der Waals surface area contributed by atoms with Crippen LogP contribution in [-0.4, -0.2) is 54.9 Å². The molecule has 5 nitrogen and oxygen atoms in total. The Bertz CT molecular complexity index is 839. The first kappa shape index (κ1) is 17.6. The summed E-state index contributed by atoms with van der Waals surface area (Å²) in [5, 5.41) is 0. The fourth-order valence-corrected chi connectivity index (χ4v) is 4.08. The minimum Gasteiger partial charge on any atom is -0.497 e. The third-order valence-corrected chi connectivity index (χ3v) is 5.65. The van der Waals surface area contributed by atoms with Crippen molar-refractivity contribution in [2.45, 2.75) is 18.8 Å². The standard InChI is InChI=1S/C22H24N2O3/c1-27-18-9-6-17(7-10-18)21(25)23-12-14-24(15-13-23)22(26)20-11-8-16-4-2-3-5-19(16)20/h2-7,9-10,20H,8,11-15H2,1H3. The highest BCUT2D eigenvalue weighted by molar-refractivity contribution is 5.94. The van der Waals surface area contributed by atoms with E-state index in [2.05, 4.69) is 12.1 Å². The van der Waals surface area contributed by atoms with Gasteiger partial charge in [-0.2, -0.15) is 0 Å². The lowest BCUT2D eigenvalue weighted by Gasteiger charge is -2.36. The Kier molecular flexibility index (Phi) is 4.84. The summed E-state index contributed by atoms with van der Waals surface area (Å²) in [5.41, 5.74) is 3.13. The molecule has 4 rings (SSSR count). The number of nitrogens with zero attached hydrogens (tertiary/aromatic N) is 2. The van der Waals surface area contributed by atoms with Crippen molar-refractivity contribution in [2.24, 2.45) is 0 Å². The molecule has 2 aromatic carbocycles. The molecule has 0 saturated carbocycles. The van der Waals surface area contributed by atoms with Gasteiger partial charge in [-0.05, 0) is 48.2 Å². The van der Waals surface area contributed by atoms with Crippen LogP contribution in [-0.2, 0) is 11.2 Å². The predicted molar refractivity (Wildman–Crippen MR) is 103 cm³/mol. The van der Waals surface area contributed by atoms with E-state index >= 15 is 0 Å². The van der Waals surface area contributed by atoms with Crippen molar-refractivity contribution in [3.8, 4) is 5.75 Å². The van der Waals surface area contributed by atoms with Gasteiger partial charge in [-0.15, -0.1) is 0 Å². The summed E-state index contributed by atoms with van der Waals surface area (Å²) in [6, 6.07) is 15.4. The van der Waals surface area contributed by atoms with Crippen LogP contribution in [0.1, 0.15) is 33.8 Å². The van der Waals surface area contributed by atoms with E-state index in [0.717, 1.165) is 18.6 Å². The summed E-state index contributed by atoms with van der Waals surface area (Å²) in [6.07, 6.45) is 1.87. The van der Waals surface area contributed by atoms with Crippen LogP contribution in [0.2, 0.25) is 0 Å². The first-order valence-electron chi connectivity index (χ1n) is 9.47. The van der Waals surface area contributed by atoms with E-state index in [4.69, 9.17) is 4.74 Å². The van der Waals surface area contributed by atoms with Gasteiger partial charge in [0.1, 0.15) is 5.75 Å². The van der Waals surface area contributed by atoms with Gasteiger partial charge in [0.2, 0.25) is 5.91 Å². The van der Waals surface area contributed by atoms with Crippen molar-refractivity contribution >= 4 is 11.8 Å². The molecule has 0 radical (unpaired) electrons. The van der Waals surface area contributed by atoms with Gasteiger partial charge in [-0.3, -0.25) is 9.59 Å². The number of hydrogen-bond acceptors (Lipinski definition) is 3. The molecule has 1 atom stereocenters. The maximum absolute atomic E-state index is 13.0. The minimum atomic E-state index is -0.0231. The lowest BCUT2D eigenvalue weighted by molar-refractivity contribution is -0.134. The maximum Gasteiger partial charge on any atom is 0.253 e. The molecule has 2 aliphatic rings. The predicted octanol–water partition coefficient (Wildman–Crippen LogP) is 2.71. The third-order valence-electron chi connectivity index (χ3n) is 5.65. The molecule has 5 heteroatoms. The Morgan fingerprint density at radius 3 is 2.30 bits per heavy atom. The second-order valence-corrected chi connectivity index (χ2v) is 7.14. The number of carbonyl (C=O) groups is 2. The van der Waals surface area contributed by atoms with Crippen molar-refractivity contribution in [2.75, 3.05) is 33.3 Å². The van der Waals surface area contributed by atoms with Gasteiger partial charge < -0.3 is 14.5 Å². The zero-order valence-corrected chi connectivity index (χ0v) is 15.6. The van der Waals surface area contributed by atoms with Gasteiger partial charge in [0.25, 0.3) is 5.91 Å². The van der Waals surface area contributed by atoms with E-state index in [1.807, 2.05) is 21.9 Å². The molecule has 2 aromatic rings. The van der Waals surface area contributed by atoms with Gasteiger partial charge in [-0.25, -0.2) is 0 Å². The zero-order valence-electron chi connectivity index (χ0n) is 15.6. The smallest absolute Gasteiger partial charge is 0.253 e. The van der Waals surface area contributed by atoms with Crippen LogP contribution in [0.4, 0.5) is 0 Å².